The van der Waals surface area contributed by atoms with Crippen LogP contribution in [0.1, 0.15) is 19.4 Å². The molecule has 0 spiro atoms. The minimum absolute atomic E-state index is 0.146. The predicted octanol–water partition coefficient (Wildman–Crippen LogP) is 3.40. The van der Waals surface area contributed by atoms with Crippen LogP contribution in [0.3, 0.4) is 0 Å². The number of benzene rings is 1. The molecule has 5 nitrogen and oxygen atoms in total. The summed E-state index contributed by atoms with van der Waals surface area (Å²) in [7, 11) is 0. The average molecular weight is 363 g/mol. The molecule has 7 heteroatoms. The summed E-state index contributed by atoms with van der Waals surface area (Å²) in [5.41, 5.74) is 0.758. The smallest absolute Gasteiger partial charge is 0.308 e. The first kappa shape index (κ1) is 18.2. The molecule has 0 aliphatic carbocycles. The first-order chi connectivity index (χ1) is 11.5. The van der Waals surface area contributed by atoms with E-state index in [-0.39, 0.29) is 5.91 Å². The van der Waals surface area contributed by atoms with Crippen LogP contribution < -0.4 is 9.47 Å². The molecule has 0 aromatic heterocycles. The van der Waals surface area contributed by atoms with Gasteiger partial charge in [0.2, 0.25) is 0 Å². The highest BCUT2D eigenvalue weighted by atomic mass is 32.2. The number of rotatable bonds is 6. The summed E-state index contributed by atoms with van der Waals surface area (Å²) < 4.78 is 11.1. The van der Waals surface area contributed by atoms with Crippen molar-refractivity contribution < 1.29 is 19.1 Å². The SMILES string of the molecule is C=CCN1C(=O)/C(=C\c2ccc(OC(C)=O)c(OCC)c2)SC1=S. The molecule has 0 N–H and O–H groups in total. The Labute approximate surface area is 150 Å². The van der Waals surface area contributed by atoms with E-state index in [1.807, 2.05) is 6.92 Å². The van der Waals surface area contributed by atoms with Gasteiger partial charge >= 0.3 is 5.97 Å². The van der Waals surface area contributed by atoms with E-state index in [2.05, 4.69) is 6.58 Å². The van der Waals surface area contributed by atoms with Crippen LogP contribution in [0.5, 0.6) is 11.5 Å². The fourth-order valence-corrected chi connectivity index (χ4v) is 3.33. The van der Waals surface area contributed by atoms with Gasteiger partial charge in [0.25, 0.3) is 5.91 Å². The molecule has 126 valence electrons. The summed E-state index contributed by atoms with van der Waals surface area (Å²) in [5, 5.41) is 0. The van der Waals surface area contributed by atoms with Crippen molar-refractivity contribution in [2.24, 2.45) is 0 Å². The fraction of sp³-hybridized carbons (Fsp3) is 0.235. The van der Waals surface area contributed by atoms with Crippen molar-refractivity contribution in [1.82, 2.24) is 4.90 Å². The molecule has 0 saturated carbocycles. The predicted molar refractivity (Wildman–Crippen MR) is 99.0 cm³/mol. The Balaban J connectivity index is 2.31. The third-order valence-electron chi connectivity index (χ3n) is 3.00. The highest BCUT2D eigenvalue weighted by molar-refractivity contribution is 8.26. The lowest BCUT2D eigenvalue weighted by Crippen LogP contribution is -2.27. The van der Waals surface area contributed by atoms with Gasteiger partial charge in [0, 0.05) is 13.5 Å². The summed E-state index contributed by atoms with van der Waals surface area (Å²) >= 11 is 6.45. The van der Waals surface area contributed by atoms with Gasteiger partial charge < -0.3 is 9.47 Å². The van der Waals surface area contributed by atoms with Crippen molar-refractivity contribution in [3.05, 3.63) is 41.3 Å². The molecule has 1 heterocycles. The van der Waals surface area contributed by atoms with Crippen molar-refractivity contribution in [2.75, 3.05) is 13.2 Å². The Hall–Kier alpha value is -2.12. The lowest BCUT2D eigenvalue weighted by atomic mass is 10.2. The number of carbonyl (C=O) groups is 2. The van der Waals surface area contributed by atoms with E-state index in [1.165, 1.54) is 23.6 Å². The van der Waals surface area contributed by atoms with Crippen LogP contribution in [0, 0.1) is 0 Å². The first-order valence-electron chi connectivity index (χ1n) is 7.27. The van der Waals surface area contributed by atoms with E-state index >= 15 is 0 Å². The number of amides is 1. The highest BCUT2D eigenvalue weighted by Gasteiger charge is 2.31. The molecule has 1 aliphatic rings. The zero-order valence-corrected chi connectivity index (χ0v) is 15.0. The standard InChI is InChI=1S/C17H17NO4S2/c1-4-8-18-16(20)15(24-17(18)23)10-12-6-7-13(22-11(3)19)14(9-12)21-5-2/h4,6-7,9-10H,1,5,8H2,2-3H3/b15-10+. The Morgan fingerprint density at radius 3 is 2.79 bits per heavy atom. The number of carbonyl (C=O) groups excluding carboxylic acids is 2. The van der Waals surface area contributed by atoms with Gasteiger partial charge in [-0.2, -0.15) is 0 Å². The van der Waals surface area contributed by atoms with Gasteiger partial charge in [0.1, 0.15) is 4.32 Å². The van der Waals surface area contributed by atoms with Crippen molar-refractivity contribution in [3.8, 4) is 11.5 Å². The number of nitrogens with zero attached hydrogens (tertiary/aromatic N) is 1. The summed E-state index contributed by atoms with van der Waals surface area (Å²) in [5.74, 6) is 0.227. The van der Waals surface area contributed by atoms with Crippen molar-refractivity contribution in [1.29, 1.82) is 0 Å². The minimum atomic E-state index is -0.422. The molecular formula is C17H17NO4S2. The van der Waals surface area contributed by atoms with Crippen LogP contribution in [0.4, 0.5) is 0 Å². The zero-order valence-electron chi connectivity index (χ0n) is 13.4. The summed E-state index contributed by atoms with van der Waals surface area (Å²) in [6.07, 6.45) is 3.37. The second kappa shape index (κ2) is 8.12. The number of hydrogen-bond donors (Lipinski definition) is 0. The normalized spacial score (nSPS) is 15.8. The molecule has 1 aromatic carbocycles. The summed E-state index contributed by atoms with van der Waals surface area (Å²) in [6.45, 7) is 7.61. The van der Waals surface area contributed by atoms with Gasteiger partial charge in [-0.3, -0.25) is 14.5 Å². The molecule has 0 atom stereocenters. The van der Waals surface area contributed by atoms with E-state index in [4.69, 9.17) is 21.7 Å². The Morgan fingerprint density at radius 2 is 2.17 bits per heavy atom. The van der Waals surface area contributed by atoms with Crippen LogP contribution >= 0.6 is 24.0 Å². The molecule has 1 aliphatic heterocycles. The van der Waals surface area contributed by atoms with Crippen LogP contribution in [-0.2, 0) is 9.59 Å². The maximum Gasteiger partial charge on any atom is 0.308 e. The van der Waals surface area contributed by atoms with Gasteiger partial charge in [-0.25, -0.2) is 0 Å². The molecule has 1 fully saturated rings. The van der Waals surface area contributed by atoms with E-state index < -0.39 is 5.97 Å². The van der Waals surface area contributed by atoms with E-state index in [1.54, 1.807) is 30.4 Å². The first-order valence-corrected chi connectivity index (χ1v) is 8.50. The van der Waals surface area contributed by atoms with Gasteiger partial charge in [0.05, 0.1) is 11.5 Å². The average Bonchev–Trinajstić information content (AvgIpc) is 2.78. The Bertz CT molecular complexity index is 727. The topological polar surface area (TPSA) is 55.8 Å². The monoisotopic (exact) mass is 363 g/mol. The van der Waals surface area contributed by atoms with Gasteiger partial charge in [-0.1, -0.05) is 36.1 Å². The van der Waals surface area contributed by atoms with Gasteiger partial charge in [-0.15, -0.1) is 6.58 Å². The number of hydrogen-bond acceptors (Lipinski definition) is 6. The molecular weight excluding hydrogens is 346 g/mol. The van der Waals surface area contributed by atoms with Crippen LogP contribution in [0.2, 0.25) is 0 Å². The second-order valence-corrected chi connectivity index (χ2v) is 6.49. The second-order valence-electron chi connectivity index (χ2n) is 4.81. The van der Waals surface area contributed by atoms with Crippen LogP contribution in [0.15, 0.2) is 35.8 Å². The maximum absolute atomic E-state index is 12.3. The van der Waals surface area contributed by atoms with Crippen molar-refractivity contribution in [3.63, 3.8) is 0 Å². The lowest BCUT2D eigenvalue weighted by molar-refractivity contribution is -0.132. The quantitative estimate of drug-likeness (QED) is 0.254. The molecule has 1 saturated heterocycles. The number of thiocarbonyl (C=S) groups is 1. The van der Waals surface area contributed by atoms with E-state index in [0.29, 0.717) is 33.9 Å². The van der Waals surface area contributed by atoms with Gasteiger partial charge in [-0.05, 0) is 30.7 Å². The maximum atomic E-state index is 12.3. The zero-order chi connectivity index (χ0) is 17.7. The fourth-order valence-electron chi connectivity index (χ4n) is 2.06. The Kier molecular flexibility index (Phi) is 6.16. The van der Waals surface area contributed by atoms with Crippen molar-refractivity contribution >= 4 is 46.3 Å². The summed E-state index contributed by atoms with van der Waals surface area (Å²) in [4.78, 5) is 25.5. The molecule has 1 aromatic rings. The summed E-state index contributed by atoms with van der Waals surface area (Å²) in [6, 6.07) is 5.12. The molecule has 0 unspecified atom stereocenters. The van der Waals surface area contributed by atoms with Crippen molar-refractivity contribution in [2.45, 2.75) is 13.8 Å². The lowest BCUT2D eigenvalue weighted by Gasteiger charge is -2.11. The third-order valence-corrected chi connectivity index (χ3v) is 4.38. The van der Waals surface area contributed by atoms with E-state index in [9.17, 15) is 9.59 Å². The number of thioether (sulfide) groups is 1. The molecule has 2 rings (SSSR count). The molecule has 0 radical (unpaired) electrons. The minimum Gasteiger partial charge on any atom is -0.490 e. The van der Waals surface area contributed by atoms with Gasteiger partial charge in [0.15, 0.2) is 11.5 Å². The molecule has 0 bridgehead atoms. The Morgan fingerprint density at radius 1 is 1.42 bits per heavy atom. The van der Waals surface area contributed by atoms with E-state index in [0.717, 1.165) is 5.56 Å². The largest absolute Gasteiger partial charge is 0.490 e. The third kappa shape index (κ3) is 4.24. The molecule has 1 amide bonds. The highest BCUT2D eigenvalue weighted by Crippen LogP contribution is 2.34. The van der Waals surface area contributed by atoms with Crippen LogP contribution in [-0.4, -0.2) is 34.2 Å². The van der Waals surface area contributed by atoms with Crippen LogP contribution in [0.25, 0.3) is 6.08 Å². The number of ether oxygens (including phenoxy) is 2. The molecule has 24 heavy (non-hydrogen) atoms. The number of esters is 1.